The molecule has 0 aromatic heterocycles. The average Bonchev–Trinajstić information content (AvgIpc) is 3.63. The second-order valence-electron chi connectivity index (χ2n) is 11.6. The van der Waals surface area contributed by atoms with Gasteiger partial charge in [0.15, 0.2) is 11.5 Å². The molecule has 3 aromatic carbocycles. The third-order valence-corrected chi connectivity index (χ3v) is 9.04. The number of rotatable bonds is 9. The molecule has 0 bridgehead atoms. The highest BCUT2D eigenvalue weighted by molar-refractivity contribution is 5.82. The topological polar surface area (TPSA) is 106 Å². The lowest BCUT2D eigenvalue weighted by Crippen LogP contribution is -2.23. The van der Waals surface area contributed by atoms with Crippen molar-refractivity contribution < 1.29 is 34.0 Å². The lowest BCUT2D eigenvalue weighted by atomic mass is 9.81. The molecule has 1 heterocycles. The van der Waals surface area contributed by atoms with E-state index in [0.717, 1.165) is 64.1 Å². The number of nitrogens with one attached hydrogen (secondary N) is 1. The van der Waals surface area contributed by atoms with E-state index in [9.17, 15) is 15.0 Å². The van der Waals surface area contributed by atoms with Crippen molar-refractivity contribution in [3.8, 4) is 39.9 Å². The van der Waals surface area contributed by atoms with Gasteiger partial charge in [0.1, 0.15) is 30.0 Å². The van der Waals surface area contributed by atoms with Gasteiger partial charge in [-0.2, -0.15) is 0 Å². The fourth-order valence-corrected chi connectivity index (χ4v) is 7.01. The lowest BCUT2D eigenvalue weighted by Gasteiger charge is -2.25. The monoisotopic (exact) mass is 573 g/mol. The number of benzene rings is 3. The number of ether oxygens (including phenoxy) is 4. The first-order valence-corrected chi connectivity index (χ1v) is 14.8. The Morgan fingerprint density at radius 2 is 1.79 bits per heavy atom. The number of phenolic OH excluding ortho intramolecular Hbond substituents is 2. The minimum atomic E-state index is -0.452. The van der Waals surface area contributed by atoms with Crippen molar-refractivity contribution in [3.63, 3.8) is 0 Å². The number of carbonyl (C=O) groups is 1. The summed E-state index contributed by atoms with van der Waals surface area (Å²) in [6, 6.07) is 11.2. The number of methoxy groups -OCH3 is 2. The van der Waals surface area contributed by atoms with E-state index in [1.165, 1.54) is 39.7 Å². The molecule has 2 unspecified atom stereocenters. The summed E-state index contributed by atoms with van der Waals surface area (Å²) in [5, 5.41) is 24.6. The van der Waals surface area contributed by atoms with Crippen LogP contribution in [0.4, 0.5) is 0 Å². The fraction of sp³-hybridized carbons (Fsp3) is 0.441. The van der Waals surface area contributed by atoms with Crippen LogP contribution in [0.15, 0.2) is 36.4 Å². The molecule has 3 aliphatic rings. The van der Waals surface area contributed by atoms with E-state index in [0.29, 0.717) is 24.0 Å². The first-order chi connectivity index (χ1) is 20.4. The number of aromatic hydroxyl groups is 2. The molecule has 3 N–H and O–H groups in total. The third kappa shape index (κ3) is 5.24. The van der Waals surface area contributed by atoms with Crippen LogP contribution in [0.1, 0.15) is 72.4 Å². The highest BCUT2D eigenvalue weighted by atomic mass is 16.5. The average molecular weight is 574 g/mol. The van der Waals surface area contributed by atoms with Crippen LogP contribution < -0.4 is 19.5 Å². The van der Waals surface area contributed by atoms with E-state index in [-0.39, 0.29) is 30.0 Å². The van der Waals surface area contributed by atoms with Crippen LogP contribution in [0.25, 0.3) is 11.1 Å². The Morgan fingerprint density at radius 3 is 2.52 bits per heavy atom. The maximum atomic E-state index is 11.9. The minimum absolute atomic E-state index is 0.0790. The summed E-state index contributed by atoms with van der Waals surface area (Å²) in [6.07, 6.45) is 6.08. The normalized spacial score (nSPS) is 19.0. The second kappa shape index (κ2) is 11.8. The summed E-state index contributed by atoms with van der Waals surface area (Å²) in [5.41, 5.74) is 6.89. The minimum Gasteiger partial charge on any atom is -0.508 e. The zero-order valence-corrected chi connectivity index (χ0v) is 24.5. The van der Waals surface area contributed by atoms with E-state index in [4.69, 9.17) is 18.9 Å². The molecule has 1 aliphatic heterocycles. The molecule has 42 heavy (non-hydrogen) atoms. The summed E-state index contributed by atoms with van der Waals surface area (Å²) < 4.78 is 23.6. The van der Waals surface area contributed by atoms with Gasteiger partial charge >= 0.3 is 5.97 Å². The molecule has 222 valence electrons. The van der Waals surface area contributed by atoms with Gasteiger partial charge in [0, 0.05) is 41.8 Å². The summed E-state index contributed by atoms with van der Waals surface area (Å²) in [5.74, 6) is 2.13. The second-order valence-corrected chi connectivity index (χ2v) is 11.6. The standard InChI is InChI=1S/C34H39NO7/c1-19(36)41-18-28-26-11-10-24-25(9-8-21-12-23(37)14-31(40-3)32(21)24)33(26)42-34(28)27-15-30(39-2)29(38)13-22(27)17-35-16-20-6-4-5-7-20/h10-15,20,28,34-35,37-38H,4-9,16-18H2,1-3H3. The molecular formula is C34H39NO7. The molecule has 2 atom stereocenters. The van der Waals surface area contributed by atoms with Gasteiger partial charge in [-0.1, -0.05) is 25.0 Å². The van der Waals surface area contributed by atoms with Crippen LogP contribution in [0.3, 0.4) is 0 Å². The van der Waals surface area contributed by atoms with Crippen molar-refractivity contribution in [2.24, 2.45) is 5.92 Å². The third-order valence-electron chi connectivity index (χ3n) is 9.04. The Bertz CT molecular complexity index is 1480. The van der Waals surface area contributed by atoms with Crippen molar-refractivity contribution in [3.05, 3.63) is 64.2 Å². The Kier molecular flexibility index (Phi) is 7.90. The van der Waals surface area contributed by atoms with Crippen molar-refractivity contribution in [1.29, 1.82) is 0 Å². The van der Waals surface area contributed by atoms with Gasteiger partial charge in [-0.25, -0.2) is 0 Å². The van der Waals surface area contributed by atoms with E-state index < -0.39 is 6.10 Å². The SMILES string of the molecule is COc1cc(C2Oc3c(ccc4c3CCc3cc(O)cc(OC)c3-4)C2COC(C)=O)c(CNCC2CCCC2)cc1O. The summed E-state index contributed by atoms with van der Waals surface area (Å²) >= 11 is 0. The Labute approximate surface area is 246 Å². The van der Waals surface area contributed by atoms with Crippen LogP contribution in [0, 0.1) is 5.92 Å². The Balaban J connectivity index is 1.40. The van der Waals surface area contributed by atoms with E-state index in [2.05, 4.69) is 17.4 Å². The number of esters is 1. The molecule has 8 heteroatoms. The van der Waals surface area contributed by atoms with Crippen LogP contribution >= 0.6 is 0 Å². The molecule has 3 aromatic rings. The van der Waals surface area contributed by atoms with Gasteiger partial charge in [-0.05, 0) is 73.0 Å². The number of aryl methyl sites for hydroxylation is 1. The van der Waals surface area contributed by atoms with Gasteiger partial charge < -0.3 is 34.5 Å². The van der Waals surface area contributed by atoms with Gasteiger partial charge in [-0.3, -0.25) is 4.79 Å². The predicted molar refractivity (Wildman–Crippen MR) is 159 cm³/mol. The van der Waals surface area contributed by atoms with Crippen molar-refractivity contribution in [2.45, 2.75) is 64.0 Å². The quantitative estimate of drug-likeness (QED) is 0.270. The highest BCUT2D eigenvalue weighted by Crippen LogP contribution is 2.54. The number of fused-ring (bicyclic) bond motifs is 5. The summed E-state index contributed by atoms with van der Waals surface area (Å²) in [7, 11) is 3.15. The molecule has 2 aliphatic carbocycles. The zero-order chi connectivity index (χ0) is 29.4. The van der Waals surface area contributed by atoms with E-state index in [1.807, 2.05) is 6.07 Å². The number of hydrogen-bond donors (Lipinski definition) is 3. The van der Waals surface area contributed by atoms with Gasteiger partial charge in [-0.15, -0.1) is 0 Å². The zero-order valence-electron chi connectivity index (χ0n) is 24.5. The Hall–Kier alpha value is -3.91. The lowest BCUT2D eigenvalue weighted by molar-refractivity contribution is -0.141. The molecule has 0 spiro atoms. The highest BCUT2D eigenvalue weighted by Gasteiger charge is 2.41. The summed E-state index contributed by atoms with van der Waals surface area (Å²) in [6.45, 7) is 3.09. The van der Waals surface area contributed by atoms with E-state index >= 15 is 0 Å². The molecular weight excluding hydrogens is 534 g/mol. The van der Waals surface area contributed by atoms with Crippen molar-refractivity contribution in [1.82, 2.24) is 5.32 Å². The van der Waals surface area contributed by atoms with Crippen molar-refractivity contribution >= 4 is 5.97 Å². The van der Waals surface area contributed by atoms with Crippen LogP contribution in [-0.4, -0.2) is 43.6 Å². The smallest absolute Gasteiger partial charge is 0.302 e. The molecule has 8 nitrogen and oxygen atoms in total. The van der Waals surface area contributed by atoms with Gasteiger partial charge in [0.05, 0.1) is 20.1 Å². The van der Waals surface area contributed by atoms with E-state index in [1.54, 1.807) is 25.3 Å². The molecule has 1 saturated carbocycles. The Morgan fingerprint density at radius 1 is 1.00 bits per heavy atom. The van der Waals surface area contributed by atoms with Crippen LogP contribution in [0.2, 0.25) is 0 Å². The molecule has 1 fully saturated rings. The fourth-order valence-electron chi connectivity index (χ4n) is 7.01. The largest absolute Gasteiger partial charge is 0.508 e. The maximum absolute atomic E-state index is 11.9. The number of carbonyl (C=O) groups excluding carboxylic acids is 1. The maximum Gasteiger partial charge on any atom is 0.302 e. The predicted octanol–water partition coefficient (Wildman–Crippen LogP) is 5.94. The van der Waals surface area contributed by atoms with Gasteiger partial charge in [0.2, 0.25) is 0 Å². The molecule has 0 radical (unpaired) electrons. The van der Waals surface area contributed by atoms with Crippen molar-refractivity contribution in [2.75, 3.05) is 27.4 Å². The first kappa shape index (κ1) is 28.2. The number of hydrogen-bond acceptors (Lipinski definition) is 8. The molecule has 0 saturated heterocycles. The summed E-state index contributed by atoms with van der Waals surface area (Å²) in [4.78, 5) is 11.9. The number of phenols is 2. The van der Waals surface area contributed by atoms with Crippen LogP contribution in [-0.2, 0) is 28.9 Å². The molecule has 0 amide bonds. The van der Waals surface area contributed by atoms with Gasteiger partial charge in [0.25, 0.3) is 0 Å². The molecule has 6 rings (SSSR count). The van der Waals surface area contributed by atoms with Crippen LogP contribution in [0.5, 0.6) is 28.7 Å². The first-order valence-electron chi connectivity index (χ1n) is 14.8.